The molecule has 1 saturated heterocycles. The molecule has 0 bridgehead atoms. The maximum atomic E-state index is 12.9. The van der Waals surface area contributed by atoms with E-state index in [1.54, 1.807) is 20.0 Å². The monoisotopic (exact) mass is 339 g/mol. The molecule has 0 aliphatic carbocycles. The van der Waals surface area contributed by atoms with Crippen LogP contribution in [-0.4, -0.2) is 52.1 Å². The van der Waals surface area contributed by atoms with Crippen LogP contribution < -0.4 is 0 Å². The molecule has 1 fully saturated rings. The minimum atomic E-state index is -3.64. The maximum Gasteiger partial charge on any atom is 0.248 e. The highest BCUT2D eigenvalue weighted by atomic mass is 32.2. The lowest BCUT2D eigenvalue weighted by Crippen LogP contribution is -2.50. The Kier molecular flexibility index (Phi) is 3.29. The van der Waals surface area contributed by atoms with Crippen LogP contribution >= 0.6 is 0 Å². The molecular formula is C13H17N5O4S. The molecule has 2 aromatic heterocycles. The van der Waals surface area contributed by atoms with Crippen LogP contribution in [0.4, 0.5) is 0 Å². The number of rotatable bonds is 2. The first kappa shape index (κ1) is 14.8. The molecule has 23 heavy (non-hydrogen) atoms. The van der Waals surface area contributed by atoms with Crippen LogP contribution in [0, 0.1) is 13.8 Å². The fourth-order valence-electron chi connectivity index (χ4n) is 3.35. The minimum absolute atomic E-state index is 0.0253. The summed E-state index contributed by atoms with van der Waals surface area (Å²) < 4.78 is 39.9. The zero-order valence-electron chi connectivity index (χ0n) is 12.8. The number of sulfonamides is 1. The number of fused-ring (bicyclic) bond motifs is 3. The Morgan fingerprint density at radius 3 is 2.91 bits per heavy atom. The molecule has 2 aromatic rings. The molecule has 0 N–H and O–H groups in total. The van der Waals surface area contributed by atoms with Crippen molar-refractivity contribution in [2.45, 2.75) is 43.9 Å². The van der Waals surface area contributed by atoms with Crippen molar-refractivity contribution in [1.29, 1.82) is 0 Å². The summed E-state index contributed by atoms with van der Waals surface area (Å²) in [5.74, 6) is 0.313. The van der Waals surface area contributed by atoms with Crippen molar-refractivity contribution in [2.75, 3.05) is 13.1 Å². The molecular weight excluding hydrogens is 322 g/mol. The number of aryl methyl sites for hydroxylation is 2. The van der Waals surface area contributed by atoms with Crippen LogP contribution in [0.1, 0.15) is 29.6 Å². The van der Waals surface area contributed by atoms with Crippen LogP contribution in [0.15, 0.2) is 15.6 Å². The third kappa shape index (κ3) is 2.20. The molecule has 2 aliphatic heterocycles. The Morgan fingerprint density at radius 1 is 1.35 bits per heavy atom. The van der Waals surface area contributed by atoms with Crippen molar-refractivity contribution < 1.29 is 17.7 Å². The van der Waals surface area contributed by atoms with Gasteiger partial charge in [-0.25, -0.2) is 13.1 Å². The summed E-state index contributed by atoms with van der Waals surface area (Å²) in [7, 11) is -3.64. The van der Waals surface area contributed by atoms with Crippen molar-refractivity contribution in [3.05, 3.63) is 23.3 Å². The zero-order chi connectivity index (χ0) is 16.2. The van der Waals surface area contributed by atoms with Gasteiger partial charge in [-0.3, -0.25) is 0 Å². The lowest BCUT2D eigenvalue weighted by atomic mass is 10.0. The minimum Gasteiger partial charge on any atom is -0.368 e. The molecule has 4 heterocycles. The van der Waals surface area contributed by atoms with Crippen LogP contribution in [0.3, 0.4) is 0 Å². The van der Waals surface area contributed by atoms with E-state index in [1.807, 2.05) is 4.68 Å². The highest BCUT2D eigenvalue weighted by Crippen LogP contribution is 2.33. The molecule has 2 atom stereocenters. The molecule has 2 aliphatic rings. The number of nitrogens with zero attached hydrogens (tertiary/aromatic N) is 5. The molecule has 0 amide bonds. The second-order valence-corrected chi connectivity index (χ2v) is 7.77. The van der Waals surface area contributed by atoms with E-state index >= 15 is 0 Å². The first-order valence-corrected chi connectivity index (χ1v) is 8.86. The Morgan fingerprint density at radius 2 is 2.17 bits per heavy atom. The lowest BCUT2D eigenvalue weighted by Gasteiger charge is -2.40. The summed E-state index contributed by atoms with van der Waals surface area (Å²) in [5.41, 5.74) is 1.31. The molecule has 124 valence electrons. The lowest BCUT2D eigenvalue weighted by molar-refractivity contribution is -0.0544. The normalized spacial score (nSPS) is 25.1. The predicted molar refractivity (Wildman–Crippen MR) is 77.0 cm³/mol. The van der Waals surface area contributed by atoms with Gasteiger partial charge in [0.1, 0.15) is 10.6 Å². The average molecular weight is 339 g/mol. The topological polar surface area (TPSA) is 103 Å². The van der Waals surface area contributed by atoms with Gasteiger partial charge in [0.25, 0.3) is 0 Å². The molecule has 9 nitrogen and oxygen atoms in total. The van der Waals surface area contributed by atoms with Gasteiger partial charge in [-0.1, -0.05) is 10.4 Å². The summed E-state index contributed by atoms with van der Waals surface area (Å²) in [6.07, 6.45) is 2.08. The maximum absolute atomic E-state index is 12.9. The van der Waals surface area contributed by atoms with E-state index in [0.29, 0.717) is 31.0 Å². The summed E-state index contributed by atoms with van der Waals surface area (Å²) in [6, 6.07) is 0.0253. The van der Waals surface area contributed by atoms with E-state index in [2.05, 4.69) is 15.5 Å². The van der Waals surface area contributed by atoms with Gasteiger partial charge in [0, 0.05) is 13.1 Å². The average Bonchev–Trinajstić information content (AvgIpc) is 3.13. The van der Waals surface area contributed by atoms with Gasteiger partial charge in [0.05, 0.1) is 30.6 Å². The van der Waals surface area contributed by atoms with Gasteiger partial charge in [-0.2, -0.15) is 4.31 Å². The Hall–Kier alpha value is -1.78. The quantitative estimate of drug-likeness (QED) is 0.781. The van der Waals surface area contributed by atoms with Crippen LogP contribution in [0.5, 0.6) is 0 Å². The van der Waals surface area contributed by atoms with Crippen molar-refractivity contribution in [2.24, 2.45) is 0 Å². The zero-order valence-corrected chi connectivity index (χ0v) is 13.7. The number of hydrogen-bond donors (Lipinski definition) is 0. The molecule has 0 saturated carbocycles. The van der Waals surface area contributed by atoms with Crippen molar-refractivity contribution in [3.8, 4) is 0 Å². The molecule has 0 spiro atoms. The molecule has 10 heteroatoms. The van der Waals surface area contributed by atoms with Gasteiger partial charge in [0.2, 0.25) is 10.0 Å². The van der Waals surface area contributed by atoms with Crippen LogP contribution in [0.2, 0.25) is 0 Å². The Balaban J connectivity index is 1.62. The highest BCUT2D eigenvalue weighted by molar-refractivity contribution is 7.89. The number of hydrogen-bond acceptors (Lipinski definition) is 7. The van der Waals surface area contributed by atoms with Crippen molar-refractivity contribution in [3.63, 3.8) is 0 Å². The SMILES string of the molecule is Cc1noc(C)c1S(=O)(=O)N1CC[C@H]2[C@H](C1)OCc1cnnn12. The summed E-state index contributed by atoms with van der Waals surface area (Å²) in [6.45, 7) is 4.33. The molecule has 0 radical (unpaired) electrons. The van der Waals surface area contributed by atoms with Gasteiger partial charge in [-0.15, -0.1) is 5.10 Å². The van der Waals surface area contributed by atoms with E-state index in [-0.39, 0.29) is 23.6 Å². The van der Waals surface area contributed by atoms with Gasteiger partial charge < -0.3 is 9.26 Å². The van der Waals surface area contributed by atoms with Crippen molar-refractivity contribution >= 4 is 10.0 Å². The summed E-state index contributed by atoms with van der Waals surface area (Å²) in [5, 5.41) is 11.8. The van der Waals surface area contributed by atoms with Crippen molar-refractivity contribution in [1.82, 2.24) is 24.5 Å². The molecule has 4 rings (SSSR count). The number of ether oxygens (including phenoxy) is 1. The number of piperidine rings is 1. The Bertz CT molecular complexity index is 823. The highest BCUT2D eigenvalue weighted by Gasteiger charge is 2.41. The third-order valence-electron chi connectivity index (χ3n) is 4.46. The molecule has 0 aromatic carbocycles. The predicted octanol–water partition coefficient (Wildman–Crippen LogP) is 0.417. The van der Waals surface area contributed by atoms with Crippen LogP contribution in [0.25, 0.3) is 0 Å². The van der Waals surface area contributed by atoms with E-state index < -0.39 is 10.0 Å². The second-order valence-electron chi connectivity index (χ2n) is 5.89. The van der Waals surface area contributed by atoms with Gasteiger partial charge >= 0.3 is 0 Å². The summed E-state index contributed by atoms with van der Waals surface area (Å²) in [4.78, 5) is 0.160. The summed E-state index contributed by atoms with van der Waals surface area (Å²) >= 11 is 0. The largest absolute Gasteiger partial charge is 0.368 e. The number of aromatic nitrogens is 4. The van der Waals surface area contributed by atoms with E-state index in [4.69, 9.17) is 9.26 Å². The standard InChI is InChI=1S/C13H17N5O4S/c1-8-13(9(2)22-15-8)23(19,20)17-4-3-11-12(6-17)21-7-10-5-14-16-18(10)11/h5,11-12H,3-4,6-7H2,1-2H3/t11-,12-/m0/s1. The van der Waals surface area contributed by atoms with Gasteiger partial charge in [-0.05, 0) is 20.3 Å². The third-order valence-corrected chi connectivity index (χ3v) is 6.57. The first-order valence-electron chi connectivity index (χ1n) is 7.42. The second kappa shape index (κ2) is 5.11. The Labute approximate surface area is 133 Å². The molecule has 0 unspecified atom stereocenters. The smallest absolute Gasteiger partial charge is 0.248 e. The van der Waals surface area contributed by atoms with E-state index in [0.717, 1.165) is 5.69 Å². The van der Waals surface area contributed by atoms with E-state index in [9.17, 15) is 8.42 Å². The van der Waals surface area contributed by atoms with Gasteiger partial charge in [0.15, 0.2) is 5.76 Å². The fourth-order valence-corrected chi connectivity index (χ4v) is 5.11. The van der Waals surface area contributed by atoms with E-state index in [1.165, 1.54) is 4.31 Å². The van der Waals surface area contributed by atoms with Crippen LogP contribution in [-0.2, 0) is 21.4 Å². The fraction of sp³-hybridized carbons (Fsp3) is 0.615. The first-order chi connectivity index (χ1) is 11.0.